The minimum absolute atomic E-state index is 0.0000653. The summed E-state index contributed by atoms with van der Waals surface area (Å²) in [7, 11) is 0. The van der Waals surface area contributed by atoms with Crippen molar-refractivity contribution in [3.63, 3.8) is 0 Å². The van der Waals surface area contributed by atoms with Gasteiger partial charge in [-0.1, -0.05) is 23.4 Å². The van der Waals surface area contributed by atoms with Gasteiger partial charge >= 0.3 is 6.18 Å². The lowest BCUT2D eigenvalue weighted by Gasteiger charge is -2.07. The minimum Gasteiger partial charge on any atom is -0.485 e. The largest absolute Gasteiger partial charge is 0.485 e. The van der Waals surface area contributed by atoms with E-state index in [4.69, 9.17) is 13.7 Å². The Kier molecular flexibility index (Phi) is 6.27. The van der Waals surface area contributed by atoms with Crippen LogP contribution < -0.4 is 10.2 Å². The second-order valence-electron chi connectivity index (χ2n) is 8.30. The van der Waals surface area contributed by atoms with Crippen LogP contribution in [-0.4, -0.2) is 15.9 Å². The van der Waals surface area contributed by atoms with Crippen LogP contribution in [0.25, 0.3) is 33.6 Å². The standard InChI is InChI=1S/C27H16F4N2O5/c1-14(34)15-3-2-4-16(7-15)22-12-37-23-11-20(5-6-21(23)25(22)35)36-13-24-32-26(38-33-24)17-8-18(27(29,30)31)10-19(28)9-17/h2-12H,13H2,1H3. The fourth-order valence-electron chi connectivity index (χ4n) is 3.76. The molecule has 5 rings (SSSR count). The first-order chi connectivity index (χ1) is 18.1. The molecule has 192 valence electrons. The Morgan fingerprint density at radius 2 is 1.84 bits per heavy atom. The highest BCUT2D eigenvalue weighted by atomic mass is 19.4. The zero-order valence-corrected chi connectivity index (χ0v) is 19.5. The molecule has 0 N–H and O–H groups in total. The number of aromatic nitrogens is 2. The summed E-state index contributed by atoms with van der Waals surface area (Å²) in [6, 6.07) is 13.1. The second-order valence-corrected chi connectivity index (χ2v) is 8.30. The molecule has 38 heavy (non-hydrogen) atoms. The second kappa shape index (κ2) is 9.58. The summed E-state index contributed by atoms with van der Waals surface area (Å²) in [4.78, 5) is 28.7. The zero-order chi connectivity index (χ0) is 27.0. The highest BCUT2D eigenvalue weighted by Crippen LogP contribution is 2.33. The first kappa shape index (κ1) is 24.9. The minimum atomic E-state index is -4.74. The van der Waals surface area contributed by atoms with Crippen molar-refractivity contribution in [2.24, 2.45) is 0 Å². The fourth-order valence-corrected chi connectivity index (χ4v) is 3.76. The van der Waals surface area contributed by atoms with E-state index in [0.717, 1.165) is 6.07 Å². The van der Waals surface area contributed by atoms with E-state index in [2.05, 4.69) is 10.1 Å². The predicted molar refractivity (Wildman–Crippen MR) is 127 cm³/mol. The van der Waals surface area contributed by atoms with E-state index in [1.54, 1.807) is 24.3 Å². The van der Waals surface area contributed by atoms with Crippen molar-refractivity contribution in [1.82, 2.24) is 10.1 Å². The molecule has 0 aliphatic carbocycles. The summed E-state index contributed by atoms with van der Waals surface area (Å²) in [6.45, 7) is 1.21. The lowest BCUT2D eigenvalue weighted by Crippen LogP contribution is -2.06. The molecule has 0 unspecified atom stereocenters. The Hall–Kier alpha value is -4.80. The normalized spacial score (nSPS) is 11.6. The number of ether oxygens (including phenoxy) is 1. The quantitative estimate of drug-likeness (QED) is 0.186. The maximum absolute atomic E-state index is 13.7. The van der Waals surface area contributed by atoms with Crippen LogP contribution in [0.2, 0.25) is 0 Å². The molecule has 0 bridgehead atoms. The lowest BCUT2D eigenvalue weighted by molar-refractivity contribution is -0.137. The SMILES string of the molecule is CC(=O)c1cccc(-c2coc3cc(OCc4noc(-c5cc(F)cc(C(F)(F)F)c5)n4)ccc3c2=O)c1. The number of carbonyl (C=O) groups is 1. The number of carbonyl (C=O) groups excluding carboxylic acids is 1. The first-order valence-electron chi connectivity index (χ1n) is 11.1. The summed E-state index contributed by atoms with van der Waals surface area (Å²) < 4.78 is 68.8. The van der Waals surface area contributed by atoms with Crippen molar-refractivity contribution < 1.29 is 36.0 Å². The molecule has 0 saturated carbocycles. The number of hydrogen-bond donors (Lipinski definition) is 0. The summed E-state index contributed by atoms with van der Waals surface area (Å²) in [5.74, 6) is -1.24. The van der Waals surface area contributed by atoms with Gasteiger partial charge in [-0.15, -0.1) is 0 Å². The molecule has 3 aromatic carbocycles. The number of benzene rings is 3. The number of hydrogen-bond acceptors (Lipinski definition) is 7. The average Bonchev–Trinajstić information content (AvgIpc) is 3.36. The van der Waals surface area contributed by atoms with Crippen LogP contribution in [0.15, 0.2) is 80.7 Å². The van der Waals surface area contributed by atoms with E-state index in [1.165, 1.54) is 31.4 Å². The van der Waals surface area contributed by atoms with Gasteiger partial charge in [-0.05, 0) is 48.9 Å². The molecular formula is C27H16F4N2O5. The molecule has 0 radical (unpaired) electrons. The van der Waals surface area contributed by atoms with Gasteiger partial charge in [0.2, 0.25) is 5.82 Å². The number of halogens is 4. The molecule has 7 nitrogen and oxygen atoms in total. The summed E-state index contributed by atoms with van der Waals surface area (Å²) in [6.07, 6.45) is -3.44. The van der Waals surface area contributed by atoms with E-state index in [9.17, 15) is 27.2 Å². The molecule has 0 saturated heterocycles. The van der Waals surface area contributed by atoms with Gasteiger partial charge in [0.1, 0.15) is 23.4 Å². The van der Waals surface area contributed by atoms with Gasteiger partial charge in [-0.25, -0.2) is 4.39 Å². The van der Waals surface area contributed by atoms with Gasteiger partial charge in [-0.3, -0.25) is 9.59 Å². The Morgan fingerprint density at radius 3 is 2.61 bits per heavy atom. The van der Waals surface area contributed by atoms with Gasteiger partial charge in [0.25, 0.3) is 5.89 Å². The van der Waals surface area contributed by atoms with Crippen LogP contribution in [0.5, 0.6) is 5.75 Å². The maximum atomic E-state index is 13.7. The summed E-state index contributed by atoms with van der Waals surface area (Å²) >= 11 is 0. The predicted octanol–water partition coefficient (Wildman–Crippen LogP) is 6.45. The number of nitrogens with zero attached hydrogens (tertiary/aromatic N) is 2. The maximum Gasteiger partial charge on any atom is 0.416 e. The van der Waals surface area contributed by atoms with Gasteiger partial charge in [0, 0.05) is 17.2 Å². The van der Waals surface area contributed by atoms with Crippen LogP contribution in [0.1, 0.15) is 28.7 Å². The Morgan fingerprint density at radius 1 is 1.03 bits per heavy atom. The van der Waals surface area contributed by atoms with Crippen molar-refractivity contribution in [3.05, 3.63) is 99.9 Å². The third-order valence-electron chi connectivity index (χ3n) is 5.63. The molecule has 11 heteroatoms. The van der Waals surface area contributed by atoms with E-state index in [-0.39, 0.29) is 46.1 Å². The number of alkyl halides is 3. The van der Waals surface area contributed by atoms with Gasteiger partial charge < -0.3 is 13.7 Å². The Labute approximate surface area is 211 Å². The number of rotatable bonds is 6. The third-order valence-corrected chi connectivity index (χ3v) is 5.63. The van der Waals surface area contributed by atoms with Gasteiger partial charge in [0.05, 0.1) is 16.5 Å². The van der Waals surface area contributed by atoms with Crippen molar-refractivity contribution in [1.29, 1.82) is 0 Å². The summed E-state index contributed by atoms with van der Waals surface area (Å²) in [5, 5.41) is 3.95. The van der Waals surface area contributed by atoms with E-state index in [0.29, 0.717) is 34.6 Å². The van der Waals surface area contributed by atoms with Crippen LogP contribution in [0.3, 0.4) is 0 Å². The van der Waals surface area contributed by atoms with Crippen LogP contribution in [0, 0.1) is 5.82 Å². The number of fused-ring (bicyclic) bond motifs is 1. The number of Topliss-reactive ketones (excluding diaryl/α,β-unsaturated/α-hetero) is 1. The van der Waals surface area contributed by atoms with Crippen LogP contribution in [0.4, 0.5) is 17.6 Å². The smallest absolute Gasteiger partial charge is 0.416 e. The highest BCUT2D eigenvalue weighted by Gasteiger charge is 2.32. The molecule has 2 aromatic heterocycles. The monoisotopic (exact) mass is 524 g/mol. The molecule has 2 heterocycles. The highest BCUT2D eigenvalue weighted by molar-refractivity contribution is 5.95. The van der Waals surface area contributed by atoms with Crippen LogP contribution >= 0.6 is 0 Å². The topological polar surface area (TPSA) is 95.4 Å². The molecular weight excluding hydrogens is 508 g/mol. The first-order valence-corrected chi connectivity index (χ1v) is 11.1. The third kappa shape index (κ3) is 5.03. The molecule has 0 aliphatic rings. The Bertz CT molecular complexity index is 1740. The van der Waals surface area contributed by atoms with Crippen LogP contribution in [-0.2, 0) is 12.8 Å². The molecule has 0 atom stereocenters. The van der Waals surface area contributed by atoms with E-state index < -0.39 is 17.6 Å². The number of ketones is 1. The fraction of sp³-hybridized carbons (Fsp3) is 0.111. The molecule has 0 spiro atoms. The molecule has 0 aliphatic heterocycles. The molecule has 0 fully saturated rings. The van der Waals surface area contributed by atoms with Crippen molar-refractivity contribution >= 4 is 16.8 Å². The lowest BCUT2D eigenvalue weighted by atomic mass is 10.0. The molecule has 5 aromatic rings. The van der Waals surface area contributed by atoms with E-state index in [1.807, 2.05) is 0 Å². The van der Waals surface area contributed by atoms with Gasteiger partial charge in [0.15, 0.2) is 17.8 Å². The summed E-state index contributed by atoms with van der Waals surface area (Å²) in [5.41, 5.74) is -0.165. The average molecular weight is 524 g/mol. The van der Waals surface area contributed by atoms with Crippen molar-refractivity contribution in [3.8, 4) is 28.3 Å². The van der Waals surface area contributed by atoms with Crippen molar-refractivity contribution in [2.45, 2.75) is 19.7 Å². The van der Waals surface area contributed by atoms with E-state index >= 15 is 0 Å². The zero-order valence-electron chi connectivity index (χ0n) is 19.5. The van der Waals surface area contributed by atoms with Crippen molar-refractivity contribution in [2.75, 3.05) is 0 Å². The Balaban J connectivity index is 1.35. The van der Waals surface area contributed by atoms with Gasteiger partial charge in [-0.2, -0.15) is 18.2 Å². The molecule has 0 amide bonds.